The van der Waals surface area contributed by atoms with Gasteiger partial charge in [0.05, 0.1) is 18.8 Å². The third kappa shape index (κ3) is 4.25. The van der Waals surface area contributed by atoms with Crippen LogP contribution in [0, 0.1) is 20.8 Å². The molecular formula is C22H31N3O2. The summed E-state index contributed by atoms with van der Waals surface area (Å²) in [6.07, 6.45) is 0. The van der Waals surface area contributed by atoms with Gasteiger partial charge in [0, 0.05) is 42.2 Å². The van der Waals surface area contributed by atoms with Crippen LogP contribution in [0.4, 0.5) is 0 Å². The number of carbonyl (C=O) groups excluding carboxylic acids is 1. The zero-order valence-electron chi connectivity index (χ0n) is 17.1. The van der Waals surface area contributed by atoms with Gasteiger partial charge in [-0.25, -0.2) is 0 Å². The number of carbonyl (C=O) groups is 1. The lowest BCUT2D eigenvalue weighted by Crippen LogP contribution is -2.52. The minimum Gasteiger partial charge on any atom is -0.379 e. The molecule has 0 radical (unpaired) electrons. The Kier molecular flexibility index (Phi) is 6.02. The van der Waals surface area contributed by atoms with Crippen LogP contribution in [-0.2, 0) is 4.74 Å². The van der Waals surface area contributed by atoms with E-state index in [9.17, 15) is 4.79 Å². The van der Waals surface area contributed by atoms with Crippen molar-refractivity contribution < 1.29 is 9.53 Å². The van der Waals surface area contributed by atoms with Gasteiger partial charge in [-0.1, -0.05) is 12.1 Å². The second-order valence-corrected chi connectivity index (χ2v) is 7.61. The van der Waals surface area contributed by atoms with Crippen molar-refractivity contribution in [3.63, 3.8) is 0 Å². The molecule has 1 N–H and O–H groups in total. The summed E-state index contributed by atoms with van der Waals surface area (Å²) in [6.45, 7) is 13.8. The molecule has 1 fully saturated rings. The first kappa shape index (κ1) is 19.6. The molecule has 3 rings (SSSR count). The number of morpholine rings is 1. The topological polar surface area (TPSA) is 46.5 Å². The molecule has 146 valence electrons. The van der Waals surface area contributed by atoms with Crippen molar-refractivity contribution in [2.24, 2.45) is 0 Å². The van der Waals surface area contributed by atoms with Gasteiger partial charge in [0.15, 0.2) is 0 Å². The minimum atomic E-state index is -0.00499. The van der Waals surface area contributed by atoms with Gasteiger partial charge in [-0.2, -0.15) is 0 Å². The molecule has 2 atom stereocenters. The maximum atomic E-state index is 13.0. The smallest absolute Gasteiger partial charge is 0.253 e. The van der Waals surface area contributed by atoms with Crippen molar-refractivity contribution >= 4 is 5.91 Å². The maximum Gasteiger partial charge on any atom is 0.253 e. The Morgan fingerprint density at radius 1 is 1.11 bits per heavy atom. The zero-order chi connectivity index (χ0) is 19.6. The van der Waals surface area contributed by atoms with Crippen LogP contribution in [0.3, 0.4) is 0 Å². The van der Waals surface area contributed by atoms with E-state index in [1.165, 1.54) is 5.56 Å². The number of benzene rings is 1. The largest absolute Gasteiger partial charge is 0.379 e. The Labute approximate surface area is 162 Å². The number of amides is 1. The summed E-state index contributed by atoms with van der Waals surface area (Å²) in [6, 6.07) is 10.7. The second kappa shape index (κ2) is 8.28. The molecule has 1 amide bonds. The highest BCUT2D eigenvalue weighted by Gasteiger charge is 2.25. The van der Waals surface area contributed by atoms with Crippen molar-refractivity contribution in [1.29, 1.82) is 0 Å². The van der Waals surface area contributed by atoms with Crippen molar-refractivity contribution in [3.8, 4) is 5.69 Å². The number of nitrogens with one attached hydrogen (secondary N) is 1. The molecule has 2 heterocycles. The highest BCUT2D eigenvalue weighted by Crippen LogP contribution is 2.22. The van der Waals surface area contributed by atoms with E-state index in [1.807, 2.05) is 19.9 Å². The van der Waals surface area contributed by atoms with Gasteiger partial charge >= 0.3 is 0 Å². The normalized spacial score (nSPS) is 17.5. The quantitative estimate of drug-likeness (QED) is 0.880. The SMILES string of the molecule is Cc1cccc(-n2c(C)cc(C(=O)NC(C)C(C)N3CCOCC3)c2C)c1. The van der Waals surface area contributed by atoms with E-state index < -0.39 is 0 Å². The molecule has 2 aromatic rings. The summed E-state index contributed by atoms with van der Waals surface area (Å²) in [7, 11) is 0. The van der Waals surface area contributed by atoms with Crippen molar-refractivity contribution in [2.75, 3.05) is 26.3 Å². The molecule has 5 nitrogen and oxygen atoms in total. The summed E-state index contributed by atoms with van der Waals surface area (Å²) >= 11 is 0. The Bertz CT molecular complexity index is 806. The van der Waals surface area contributed by atoms with Gasteiger partial charge in [0.2, 0.25) is 0 Å². The molecule has 27 heavy (non-hydrogen) atoms. The van der Waals surface area contributed by atoms with E-state index in [-0.39, 0.29) is 18.0 Å². The van der Waals surface area contributed by atoms with E-state index in [4.69, 9.17) is 4.74 Å². The van der Waals surface area contributed by atoms with Crippen molar-refractivity contribution in [2.45, 2.75) is 46.7 Å². The molecule has 0 spiro atoms. The predicted octanol–water partition coefficient (Wildman–Crippen LogP) is 3.24. The summed E-state index contributed by atoms with van der Waals surface area (Å²) in [4.78, 5) is 15.3. The number of hydrogen-bond donors (Lipinski definition) is 1. The first-order chi connectivity index (χ1) is 12.9. The molecule has 1 aliphatic rings. The highest BCUT2D eigenvalue weighted by molar-refractivity contribution is 5.96. The van der Waals surface area contributed by atoms with Gasteiger partial charge in [-0.05, 0) is 58.4 Å². The van der Waals surface area contributed by atoms with Crippen molar-refractivity contribution in [3.05, 3.63) is 52.8 Å². The second-order valence-electron chi connectivity index (χ2n) is 7.61. The third-order valence-corrected chi connectivity index (χ3v) is 5.64. The van der Waals surface area contributed by atoms with Gasteiger partial charge in [-0.3, -0.25) is 9.69 Å². The van der Waals surface area contributed by atoms with E-state index in [2.05, 4.69) is 59.8 Å². The van der Waals surface area contributed by atoms with Crippen molar-refractivity contribution in [1.82, 2.24) is 14.8 Å². The highest BCUT2D eigenvalue weighted by atomic mass is 16.5. The number of aromatic nitrogens is 1. The first-order valence-electron chi connectivity index (χ1n) is 9.77. The Morgan fingerprint density at radius 2 is 1.81 bits per heavy atom. The van der Waals surface area contributed by atoms with Gasteiger partial charge in [0.1, 0.15) is 0 Å². The Balaban J connectivity index is 1.76. The Hall–Kier alpha value is -2.11. The lowest BCUT2D eigenvalue weighted by atomic mass is 10.1. The van der Waals surface area contributed by atoms with Crippen LogP contribution >= 0.6 is 0 Å². The average molecular weight is 370 g/mol. The number of aryl methyl sites for hydroxylation is 2. The fourth-order valence-corrected chi connectivity index (χ4v) is 3.86. The standard InChI is InChI=1S/C22H31N3O2/c1-15-7-6-8-20(13-15)25-16(2)14-21(19(25)5)22(26)23-17(3)18(4)24-9-11-27-12-10-24/h6-8,13-14,17-18H,9-12H2,1-5H3,(H,23,26). The molecule has 1 aromatic carbocycles. The number of hydrogen-bond acceptors (Lipinski definition) is 3. The van der Waals surface area contributed by atoms with Gasteiger partial charge < -0.3 is 14.6 Å². The van der Waals surface area contributed by atoms with Crippen LogP contribution < -0.4 is 5.32 Å². The fourth-order valence-electron chi connectivity index (χ4n) is 3.86. The maximum absolute atomic E-state index is 13.0. The minimum absolute atomic E-state index is 0.00499. The summed E-state index contributed by atoms with van der Waals surface area (Å²) < 4.78 is 7.58. The van der Waals surface area contributed by atoms with E-state index >= 15 is 0 Å². The predicted molar refractivity (Wildman–Crippen MR) is 109 cm³/mol. The lowest BCUT2D eigenvalue weighted by molar-refractivity contribution is 0.0137. The summed E-state index contributed by atoms with van der Waals surface area (Å²) in [5.74, 6) is -0.00499. The number of nitrogens with zero attached hydrogens (tertiary/aromatic N) is 2. The third-order valence-electron chi connectivity index (χ3n) is 5.64. The van der Waals surface area contributed by atoms with Crippen LogP contribution in [0.5, 0.6) is 0 Å². The average Bonchev–Trinajstić information content (AvgIpc) is 2.96. The summed E-state index contributed by atoms with van der Waals surface area (Å²) in [5.41, 5.74) is 5.09. The molecule has 0 aliphatic carbocycles. The molecule has 0 saturated carbocycles. The monoisotopic (exact) mass is 369 g/mol. The van der Waals surface area contributed by atoms with E-state index in [1.54, 1.807) is 0 Å². The molecule has 1 aromatic heterocycles. The van der Waals surface area contributed by atoms with Gasteiger partial charge in [0.25, 0.3) is 5.91 Å². The number of ether oxygens (including phenoxy) is 1. The van der Waals surface area contributed by atoms with E-state index in [0.717, 1.165) is 48.9 Å². The molecule has 0 bridgehead atoms. The fraction of sp³-hybridized carbons (Fsp3) is 0.500. The van der Waals surface area contributed by atoms with Crippen LogP contribution in [0.25, 0.3) is 5.69 Å². The van der Waals surface area contributed by atoms with E-state index in [0.29, 0.717) is 0 Å². The molecule has 1 aliphatic heterocycles. The van der Waals surface area contributed by atoms with Crippen LogP contribution in [0.2, 0.25) is 0 Å². The molecule has 1 saturated heterocycles. The molecule has 2 unspecified atom stereocenters. The first-order valence-corrected chi connectivity index (χ1v) is 9.77. The van der Waals surface area contributed by atoms with Gasteiger partial charge in [-0.15, -0.1) is 0 Å². The molecular weight excluding hydrogens is 338 g/mol. The Morgan fingerprint density at radius 3 is 2.48 bits per heavy atom. The zero-order valence-corrected chi connectivity index (χ0v) is 17.1. The summed E-state index contributed by atoms with van der Waals surface area (Å²) in [5, 5.41) is 3.20. The van der Waals surface area contributed by atoms with Crippen LogP contribution in [0.1, 0.15) is 41.2 Å². The number of rotatable bonds is 5. The van der Waals surface area contributed by atoms with Crippen LogP contribution in [-0.4, -0.2) is 53.8 Å². The molecule has 5 heteroatoms. The lowest BCUT2D eigenvalue weighted by Gasteiger charge is -2.35. The van der Waals surface area contributed by atoms with Crippen LogP contribution in [0.15, 0.2) is 30.3 Å².